The molecule has 104 valence electrons. The van der Waals surface area contributed by atoms with Gasteiger partial charge in [0.15, 0.2) is 5.75 Å². The molecule has 0 radical (unpaired) electrons. The molecule has 0 fully saturated rings. The number of hydrogen-bond acceptors (Lipinski definition) is 4. The fourth-order valence-corrected chi connectivity index (χ4v) is 1.58. The molecule has 1 aromatic heterocycles. The van der Waals surface area contributed by atoms with Gasteiger partial charge in [0, 0.05) is 6.20 Å². The molecule has 5 nitrogen and oxygen atoms in total. The van der Waals surface area contributed by atoms with Crippen LogP contribution in [0.3, 0.4) is 0 Å². The number of nitrogens with zero attached hydrogens (tertiary/aromatic N) is 1. The number of rotatable bonds is 6. The molecular weight excluding hydrogens is 258 g/mol. The fraction of sp³-hybridized carbons (Fsp3) is 0.200. The lowest BCUT2D eigenvalue weighted by molar-refractivity contribution is 0.0696. The van der Waals surface area contributed by atoms with Crippen molar-refractivity contribution in [1.82, 2.24) is 4.98 Å². The monoisotopic (exact) mass is 273 g/mol. The highest BCUT2D eigenvalue weighted by molar-refractivity contribution is 5.88. The molecule has 0 atom stereocenters. The van der Waals surface area contributed by atoms with Crippen molar-refractivity contribution in [3.63, 3.8) is 0 Å². The van der Waals surface area contributed by atoms with E-state index in [-0.39, 0.29) is 5.56 Å². The van der Waals surface area contributed by atoms with Crippen LogP contribution in [0, 0.1) is 0 Å². The van der Waals surface area contributed by atoms with Crippen LogP contribution in [-0.2, 0) is 0 Å². The first-order valence-corrected chi connectivity index (χ1v) is 6.29. The van der Waals surface area contributed by atoms with E-state index in [0.717, 1.165) is 6.42 Å². The number of aromatic nitrogens is 1. The van der Waals surface area contributed by atoms with Gasteiger partial charge >= 0.3 is 5.97 Å². The van der Waals surface area contributed by atoms with Crippen LogP contribution >= 0.6 is 0 Å². The molecule has 2 aromatic rings. The summed E-state index contributed by atoms with van der Waals surface area (Å²) in [6.45, 7) is 2.57. The van der Waals surface area contributed by atoms with Gasteiger partial charge in [-0.25, -0.2) is 9.78 Å². The second-order valence-corrected chi connectivity index (χ2v) is 4.09. The minimum absolute atomic E-state index is 0.162. The van der Waals surface area contributed by atoms with Crippen molar-refractivity contribution in [1.29, 1.82) is 0 Å². The predicted molar refractivity (Wildman–Crippen MR) is 73.5 cm³/mol. The lowest BCUT2D eigenvalue weighted by Gasteiger charge is -2.10. The van der Waals surface area contributed by atoms with Crippen LogP contribution in [0.15, 0.2) is 42.6 Å². The predicted octanol–water partition coefficient (Wildman–Crippen LogP) is 3.36. The summed E-state index contributed by atoms with van der Waals surface area (Å²) in [5.41, 5.74) is 0.162. The number of aromatic carboxylic acids is 1. The first-order valence-electron chi connectivity index (χ1n) is 6.29. The summed E-state index contributed by atoms with van der Waals surface area (Å²) in [5, 5.41) is 8.95. The van der Waals surface area contributed by atoms with E-state index in [1.807, 2.05) is 6.92 Å². The van der Waals surface area contributed by atoms with E-state index < -0.39 is 5.97 Å². The zero-order chi connectivity index (χ0) is 14.4. The molecule has 0 saturated heterocycles. The van der Waals surface area contributed by atoms with Crippen molar-refractivity contribution in [3.8, 4) is 17.4 Å². The minimum atomic E-state index is -1.00. The Hall–Kier alpha value is -2.56. The Labute approximate surface area is 116 Å². The van der Waals surface area contributed by atoms with Crippen molar-refractivity contribution in [3.05, 3.63) is 48.2 Å². The first kappa shape index (κ1) is 13.9. The molecule has 1 heterocycles. The maximum Gasteiger partial charge on any atom is 0.335 e. The molecule has 1 aromatic carbocycles. The number of carboxylic acid groups (broad SMARTS) is 1. The number of carboxylic acids is 1. The van der Waals surface area contributed by atoms with Crippen LogP contribution in [-0.4, -0.2) is 22.7 Å². The van der Waals surface area contributed by atoms with E-state index in [2.05, 4.69) is 4.98 Å². The Morgan fingerprint density at radius 3 is 2.90 bits per heavy atom. The highest BCUT2D eigenvalue weighted by atomic mass is 16.5. The molecule has 0 bridgehead atoms. The maximum atomic E-state index is 10.9. The van der Waals surface area contributed by atoms with E-state index in [1.54, 1.807) is 30.5 Å². The SMILES string of the molecule is CCCOc1cccnc1Oc1cccc(C(=O)O)c1. The molecule has 0 unspecified atom stereocenters. The Bertz CT molecular complexity index is 598. The number of carbonyl (C=O) groups is 1. The van der Waals surface area contributed by atoms with E-state index in [4.69, 9.17) is 14.6 Å². The molecule has 0 saturated carbocycles. The number of pyridine rings is 1. The molecule has 0 aliphatic heterocycles. The Balaban J connectivity index is 2.21. The third-order valence-corrected chi connectivity index (χ3v) is 2.49. The fourth-order valence-electron chi connectivity index (χ4n) is 1.58. The summed E-state index contributed by atoms with van der Waals surface area (Å²) < 4.78 is 11.1. The van der Waals surface area contributed by atoms with Gasteiger partial charge in [-0.05, 0) is 36.8 Å². The number of ether oxygens (including phenoxy) is 2. The lowest BCUT2D eigenvalue weighted by atomic mass is 10.2. The van der Waals surface area contributed by atoms with Gasteiger partial charge in [0.25, 0.3) is 5.88 Å². The van der Waals surface area contributed by atoms with Crippen molar-refractivity contribution in [2.75, 3.05) is 6.61 Å². The molecular formula is C15H15NO4. The largest absolute Gasteiger partial charge is 0.488 e. The summed E-state index contributed by atoms with van der Waals surface area (Å²) >= 11 is 0. The zero-order valence-corrected chi connectivity index (χ0v) is 11.1. The summed E-state index contributed by atoms with van der Waals surface area (Å²) in [5.74, 6) is 0.266. The lowest BCUT2D eigenvalue weighted by Crippen LogP contribution is -2.00. The van der Waals surface area contributed by atoms with Crippen LogP contribution in [0.2, 0.25) is 0 Å². The third kappa shape index (κ3) is 3.47. The van der Waals surface area contributed by atoms with Crippen LogP contribution in [0.1, 0.15) is 23.7 Å². The van der Waals surface area contributed by atoms with E-state index >= 15 is 0 Å². The van der Waals surface area contributed by atoms with Crippen molar-refractivity contribution in [2.45, 2.75) is 13.3 Å². The Kier molecular flexibility index (Phi) is 4.55. The molecule has 20 heavy (non-hydrogen) atoms. The van der Waals surface area contributed by atoms with Crippen LogP contribution in [0.4, 0.5) is 0 Å². The number of hydrogen-bond donors (Lipinski definition) is 1. The first-order chi connectivity index (χ1) is 9.70. The second-order valence-electron chi connectivity index (χ2n) is 4.09. The van der Waals surface area contributed by atoms with Gasteiger partial charge in [-0.15, -0.1) is 0 Å². The minimum Gasteiger partial charge on any atom is -0.488 e. The topological polar surface area (TPSA) is 68.7 Å². The van der Waals surface area contributed by atoms with Crippen molar-refractivity contribution < 1.29 is 19.4 Å². The highest BCUT2D eigenvalue weighted by Crippen LogP contribution is 2.29. The zero-order valence-electron chi connectivity index (χ0n) is 11.1. The molecule has 0 spiro atoms. The summed E-state index contributed by atoms with van der Waals surface area (Å²) in [6.07, 6.45) is 2.47. The highest BCUT2D eigenvalue weighted by Gasteiger charge is 2.09. The van der Waals surface area contributed by atoms with Crippen molar-refractivity contribution >= 4 is 5.97 Å². The van der Waals surface area contributed by atoms with Gasteiger partial charge in [0.1, 0.15) is 5.75 Å². The molecule has 0 aliphatic rings. The molecule has 0 aliphatic carbocycles. The Morgan fingerprint density at radius 2 is 2.15 bits per heavy atom. The summed E-state index contributed by atoms with van der Waals surface area (Å²) in [6, 6.07) is 9.76. The maximum absolute atomic E-state index is 10.9. The van der Waals surface area contributed by atoms with E-state index in [9.17, 15) is 4.79 Å². The van der Waals surface area contributed by atoms with E-state index in [1.165, 1.54) is 12.1 Å². The average Bonchev–Trinajstić information content (AvgIpc) is 2.46. The number of benzene rings is 1. The van der Waals surface area contributed by atoms with Gasteiger partial charge in [-0.2, -0.15) is 0 Å². The van der Waals surface area contributed by atoms with Crippen LogP contribution in [0.5, 0.6) is 17.4 Å². The summed E-state index contributed by atoms with van der Waals surface area (Å²) in [4.78, 5) is 15.0. The summed E-state index contributed by atoms with van der Waals surface area (Å²) in [7, 11) is 0. The van der Waals surface area contributed by atoms with Gasteiger partial charge < -0.3 is 14.6 Å². The average molecular weight is 273 g/mol. The third-order valence-electron chi connectivity index (χ3n) is 2.49. The molecule has 0 amide bonds. The van der Waals surface area contributed by atoms with Crippen LogP contribution in [0.25, 0.3) is 0 Å². The molecule has 5 heteroatoms. The standard InChI is InChI=1S/C15H15NO4/c1-2-9-19-13-7-4-8-16-14(13)20-12-6-3-5-11(10-12)15(17)18/h3-8,10H,2,9H2,1H3,(H,17,18). The van der Waals surface area contributed by atoms with E-state index in [0.29, 0.717) is 24.0 Å². The van der Waals surface area contributed by atoms with Crippen molar-refractivity contribution in [2.24, 2.45) is 0 Å². The van der Waals surface area contributed by atoms with Gasteiger partial charge in [-0.3, -0.25) is 0 Å². The quantitative estimate of drug-likeness (QED) is 0.874. The smallest absolute Gasteiger partial charge is 0.335 e. The molecule has 1 N–H and O–H groups in total. The van der Waals surface area contributed by atoms with Gasteiger partial charge in [-0.1, -0.05) is 13.0 Å². The van der Waals surface area contributed by atoms with Gasteiger partial charge in [0.2, 0.25) is 0 Å². The normalized spacial score (nSPS) is 10.1. The Morgan fingerprint density at radius 1 is 1.30 bits per heavy atom. The molecule has 2 rings (SSSR count). The van der Waals surface area contributed by atoms with Crippen LogP contribution < -0.4 is 9.47 Å². The van der Waals surface area contributed by atoms with Gasteiger partial charge in [0.05, 0.1) is 12.2 Å². The second kappa shape index (κ2) is 6.56.